The fourth-order valence-electron chi connectivity index (χ4n) is 2.28. The molecule has 0 spiro atoms. The summed E-state index contributed by atoms with van der Waals surface area (Å²) in [4.78, 5) is 36.4. The van der Waals surface area contributed by atoms with Crippen molar-refractivity contribution >= 4 is 29.1 Å². The number of amides is 3. The summed E-state index contributed by atoms with van der Waals surface area (Å²) < 4.78 is 5.23. The number of nitrogens with one attached hydrogen (secondary N) is 2. The highest BCUT2D eigenvalue weighted by atomic mass is 16.3. The molecule has 0 aliphatic heterocycles. The minimum Gasteiger partial charge on any atom is -0.467 e. The quantitative estimate of drug-likeness (QED) is 0.808. The molecule has 7 heteroatoms. The molecular formula is C18H21N3O4. The maximum atomic E-state index is 12.1. The summed E-state index contributed by atoms with van der Waals surface area (Å²) in [6.45, 7) is 3.49. The largest absolute Gasteiger partial charge is 0.467 e. The Labute approximate surface area is 146 Å². The fourth-order valence-corrected chi connectivity index (χ4v) is 2.28. The summed E-state index contributed by atoms with van der Waals surface area (Å²) in [6.07, 6.45) is 1.70. The van der Waals surface area contributed by atoms with Crippen LogP contribution in [0.2, 0.25) is 0 Å². The first-order chi connectivity index (χ1) is 11.9. The van der Waals surface area contributed by atoms with Gasteiger partial charge < -0.3 is 20.0 Å². The van der Waals surface area contributed by atoms with Gasteiger partial charge in [0.1, 0.15) is 5.76 Å². The highest BCUT2D eigenvalue weighted by Gasteiger charge is 2.13. The summed E-state index contributed by atoms with van der Waals surface area (Å²) in [6, 6.07) is 10.4. The third-order valence-electron chi connectivity index (χ3n) is 3.45. The molecule has 1 aromatic carbocycles. The average Bonchev–Trinajstić information content (AvgIpc) is 3.04. The molecular weight excluding hydrogens is 322 g/mol. The molecule has 0 aliphatic rings. The normalized spacial score (nSPS) is 10.2. The van der Waals surface area contributed by atoms with E-state index in [2.05, 4.69) is 10.6 Å². The minimum atomic E-state index is -0.217. The van der Waals surface area contributed by atoms with Gasteiger partial charge in [-0.15, -0.1) is 0 Å². The van der Waals surface area contributed by atoms with Crippen LogP contribution in [0.25, 0.3) is 0 Å². The molecule has 25 heavy (non-hydrogen) atoms. The van der Waals surface area contributed by atoms with Crippen LogP contribution in [-0.2, 0) is 20.9 Å². The smallest absolute Gasteiger partial charge is 0.226 e. The van der Waals surface area contributed by atoms with Crippen molar-refractivity contribution in [2.24, 2.45) is 0 Å². The molecule has 3 amide bonds. The molecule has 0 saturated heterocycles. The van der Waals surface area contributed by atoms with Crippen LogP contribution in [0.1, 0.15) is 26.0 Å². The van der Waals surface area contributed by atoms with Crippen LogP contribution in [0.3, 0.4) is 0 Å². The van der Waals surface area contributed by atoms with Crippen LogP contribution in [0, 0.1) is 0 Å². The Morgan fingerprint density at radius 1 is 1.04 bits per heavy atom. The van der Waals surface area contributed by atoms with Gasteiger partial charge in [-0.3, -0.25) is 14.4 Å². The van der Waals surface area contributed by atoms with E-state index in [1.165, 1.54) is 13.8 Å². The topological polar surface area (TPSA) is 91.7 Å². The zero-order valence-electron chi connectivity index (χ0n) is 14.2. The van der Waals surface area contributed by atoms with Gasteiger partial charge in [0.05, 0.1) is 12.8 Å². The minimum absolute atomic E-state index is 0.128. The Kier molecular flexibility index (Phi) is 6.33. The van der Waals surface area contributed by atoms with Crippen LogP contribution in [-0.4, -0.2) is 29.2 Å². The lowest BCUT2D eigenvalue weighted by atomic mass is 10.2. The second-order valence-electron chi connectivity index (χ2n) is 5.58. The van der Waals surface area contributed by atoms with Crippen molar-refractivity contribution in [1.82, 2.24) is 4.90 Å². The van der Waals surface area contributed by atoms with Gasteiger partial charge in [-0.05, 0) is 30.3 Å². The first-order valence-electron chi connectivity index (χ1n) is 7.89. The number of carbonyl (C=O) groups is 3. The van der Waals surface area contributed by atoms with E-state index in [0.29, 0.717) is 23.7 Å². The van der Waals surface area contributed by atoms with Crippen LogP contribution < -0.4 is 10.6 Å². The molecule has 2 aromatic rings. The average molecular weight is 343 g/mol. The second kappa shape index (κ2) is 8.68. The van der Waals surface area contributed by atoms with Gasteiger partial charge in [-0.25, -0.2) is 0 Å². The van der Waals surface area contributed by atoms with Gasteiger partial charge in [0.2, 0.25) is 17.7 Å². The Morgan fingerprint density at radius 2 is 1.76 bits per heavy atom. The molecule has 0 atom stereocenters. The van der Waals surface area contributed by atoms with Crippen LogP contribution >= 0.6 is 0 Å². The Morgan fingerprint density at radius 3 is 2.36 bits per heavy atom. The molecule has 2 rings (SSSR count). The third-order valence-corrected chi connectivity index (χ3v) is 3.45. The lowest BCUT2D eigenvalue weighted by Gasteiger charge is -2.19. The number of nitrogens with zero attached hydrogens (tertiary/aromatic N) is 1. The van der Waals surface area contributed by atoms with E-state index in [-0.39, 0.29) is 30.7 Å². The van der Waals surface area contributed by atoms with Crippen LogP contribution in [0.4, 0.5) is 11.4 Å². The zero-order valence-corrected chi connectivity index (χ0v) is 14.2. The van der Waals surface area contributed by atoms with Gasteiger partial charge in [0, 0.05) is 38.2 Å². The molecule has 7 nitrogen and oxygen atoms in total. The Balaban J connectivity index is 1.88. The Bertz CT molecular complexity index is 741. The van der Waals surface area contributed by atoms with Gasteiger partial charge in [0.15, 0.2) is 0 Å². The number of rotatable bonds is 7. The number of anilines is 2. The fraction of sp³-hybridized carbons (Fsp3) is 0.278. The van der Waals surface area contributed by atoms with E-state index in [0.717, 1.165) is 0 Å². The summed E-state index contributed by atoms with van der Waals surface area (Å²) in [7, 11) is 0. The third kappa shape index (κ3) is 6.14. The molecule has 0 unspecified atom stereocenters. The molecule has 1 heterocycles. The summed E-state index contributed by atoms with van der Waals surface area (Å²) in [5, 5.41) is 5.41. The van der Waals surface area contributed by atoms with Crippen LogP contribution in [0.5, 0.6) is 0 Å². The molecule has 0 bridgehead atoms. The summed E-state index contributed by atoms with van der Waals surface area (Å²) in [5.41, 5.74) is 1.19. The highest BCUT2D eigenvalue weighted by Crippen LogP contribution is 2.15. The number of benzene rings is 1. The molecule has 0 saturated carbocycles. The van der Waals surface area contributed by atoms with Gasteiger partial charge in [-0.2, -0.15) is 0 Å². The summed E-state index contributed by atoms with van der Waals surface area (Å²) in [5.74, 6) is 0.139. The van der Waals surface area contributed by atoms with E-state index in [9.17, 15) is 14.4 Å². The predicted molar refractivity (Wildman–Crippen MR) is 93.8 cm³/mol. The van der Waals surface area contributed by atoms with E-state index in [4.69, 9.17) is 4.42 Å². The maximum absolute atomic E-state index is 12.1. The number of hydrogen-bond donors (Lipinski definition) is 2. The van der Waals surface area contributed by atoms with Crippen molar-refractivity contribution in [3.8, 4) is 0 Å². The second-order valence-corrected chi connectivity index (χ2v) is 5.58. The van der Waals surface area contributed by atoms with Gasteiger partial charge in [-0.1, -0.05) is 6.07 Å². The van der Waals surface area contributed by atoms with Crippen molar-refractivity contribution < 1.29 is 18.8 Å². The van der Waals surface area contributed by atoms with Crippen molar-refractivity contribution in [1.29, 1.82) is 0 Å². The highest BCUT2D eigenvalue weighted by molar-refractivity contribution is 5.93. The van der Waals surface area contributed by atoms with E-state index in [1.54, 1.807) is 47.6 Å². The molecule has 0 fully saturated rings. The lowest BCUT2D eigenvalue weighted by molar-refractivity contribution is -0.130. The van der Waals surface area contributed by atoms with E-state index >= 15 is 0 Å². The first-order valence-corrected chi connectivity index (χ1v) is 7.89. The molecule has 0 aliphatic carbocycles. The first kappa shape index (κ1) is 18.3. The predicted octanol–water partition coefficient (Wildman–Crippen LogP) is 2.62. The SMILES string of the molecule is CC(=O)Nc1cccc(NC(=O)CCN(Cc2ccco2)C(C)=O)c1. The Hall–Kier alpha value is -3.09. The van der Waals surface area contributed by atoms with Crippen molar-refractivity contribution in [2.45, 2.75) is 26.8 Å². The molecule has 132 valence electrons. The lowest BCUT2D eigenvalue weighted by Crippen LogP contribution is -2.31. The summed E-state index contributed by atoms with van der Waals surface area (Å²) >= 11 is 0. The van der Waals surface area contributed by atoms with Gasteiger partial charge >= 0.3 is 0 Å². The van der Waals surface area contributed by atoms with Crippen molar-refractivity contribution in [2.75, 3.05) is 17.2 Å². The van der Waals surface area contributed by atoms with Crippen LogP contribution in [0.15, 0.2) is 47.1 Å². The molecule has 2 N–H and O–H groups in total. The number of carbonyl (C=O) groups excluding carboxylic acids is 3. The standard InChI is InChI=1S/C18H21N3O4/c1-13(22)19-15-5-3-6-16(11-15)20-18(24)8-9-21(14(2)23)12-17-7-4-10-25-17/h3-7,10-11H,8-9,12H2,1-2H3,(H,19,22)(H,20,24). The van der Waals surface area contributed by atoms with Gasteiger partial charge in [0.25, 0.3) is 0 Å². The number of furan rings is 1. The molecule has 1 aromatic heterocycles. The monoisotopic (exact) mass is 343 g/mol. The zero-order chi connectivity index (χ0) is 18.2. The maximum Gasteiger partial charge on any atom is 0.226 e. The number of hydrogen-bond acceptors (Lipinski definition) is 4. The molecule has 0 radical (unpaired) electrons. The van der Waals surface area contributed by atoms with E-state index in [1.807, 2.05) is 0 Å². The van der Waals surface area contributed by atoms with Crippen molar-refractivity contribution in [3.05, 3.63) is 48.4 Å². The van der Waals surface area contributed by atoms with E-state index < -0.39 is 0 Å². The van der Waals surface area contributed by atoms with Crippen molar-refractivity contribution in [3.63, 3.8) is 0 Å².